The van der Waals surface area contributed by atoms with Crippen LogP contribution in [0.3, 0.4) is 0 Å². The Balaban J connectivity index is 2.00. The Morgan fingerprint density at radius 3 is 2.35 bits per heavy atom. The van der Waals surface area contributed by atoms with Crippen LogP contribution in [0.4, 0.5) is 11.4 Å². The van der Waals surface area contributed by atoms with Crippen LogP contribution in [0, 0.1) is 0 Å². The molecule has 0 aliphatic heterocycles. The number of benzene rings is 2. The smallest absolute Gasteiger partial charge is 0.262 e. The van der Waals surface area contributed by atoms with Crippen molar-refractivity contribution in [3.63, 3.8) is 0 Å². The van der Waals surface area contributed by atoms with E-state index in [1.807, 2.05) is 36.4 Å². The lowest BCUT2D eigenvalue weighted by atomic mass is 10.2. The molecule has 0 aromatic heterocycles. The molecule has 0 spiro atoms. The lowest BCUT2D eigenvalue weighted by Crippen LogP contribution is -2.10. The zero-order valence-electron chi connectivity index (χ0n) is 12.3. The second kappa shape index (κ2) is 8.10. The molecule has 0 atom stereocenters. The second-order valence-electron chi connectivity index (χ2n) is 4.67. The summed E-state index contributed by atoms with van der Waals surface area (Å²) in [5, 5.41) is 5.45. The third kappa shape index (κ3) is 5.56. The minimum absolute atomic E-state index is 0.223. The van der Waals surface area contributed by atoms with Crippen LogP contribution in [0.2, 0.25) is 0 Å². The second-order valence-corrected chi connectivity index (χ2v) is 5.63. The predicted molar refractivity (Wildman–Crippen MR) is 97.2 cm³/mol. The van der Waals surface area contributed by atoms with E-state index >= 15 is 0 Å². The predicted octanol–water partition coefficient (Wildman–Crippen LogP) is 4.19. The van der Waals surface area contributed by atoms with Crippen molar-refractivity contribution in [2.75, 3.05) is 10.6 Å². The quantitative estimate of drug-likeness (QED) is 0.775. The fourth-order valence-corrected chi connectivity index (χ4v) is 1.90. The van der Waals surface area contributed by atoms with Gasteiger partial charge in [0.25, 0.3) is 5.91 Å². The van der Waals surface area contributed by atoms with Gasteiger partial charge in [0.1, 0.15) is 0 Å². The van der Waals surface area contributed by atoms with Crippen LogP contribution in [0.1, 0.15) is 5.56 Å². The van der Waals surface area contributed by atoms with Gasteiger partial charge >= 0.3 is 0 Å². The summed E-state index contributed by atoms with van der Waals surface area (Å²) < 4.78 is 0.251. The van der Waals surface area contributed by atoms with E-state index in [0.29, 0.717) is 5.69 Å². The molecule has 0 radical (unpaired) electrons. The monoisotopic (exact) mass is 370 g/mol. The molecule has 23 heavy (non-hydrogen) atoms. The molecule has 0 heterocycles. The highest BCUT2D eigenvalue weighted by Crippen LogP contribution is 2.14. The molecule has 5 heteroatoms. The number of carbonyl (C=O) groups is 2. The molecular weight excluding hydrogens is 356 g/mol. The summed E-state index contributed by atoms with van der Waals surface area (Å²) in [6, 6.07) is 16.4. The van der Waals surface area contributed by atoms with Crippen molar-refractivity contribution < 1.29 is 9.59 Å². The molecule has 4 nitrogen and oxygen atoms in total. The Bertz CT molecular complexity index is 755. The molecule has 2 rings (SSSR count). The van der Waals surface area contributed by atoms with Crippen LogP contribution >= 0.6 is 15.9 Å². The number of halogens is 1. The molecule has 2 aromatic rings. The van der Waals surface area contributed by atoms with Crippen molar-refractivity contribution in [3.8, 4) is 0 Å². The number of carbonyl (C=O) groups excluding carboxylic acids is 2. The number of nitrogens with one attached hydrogen (secondary N) is 2. The Kier molecular flexibility index (Phi) is 5.88. The Morgan fingerprint density at radius 2 is 1.65 bits per heavy atom. The molecule has 0 fully saturated rings. The molecule has 0 saturated carbocycles. The number of rotatable bonds is 5. The lowest BCUT2D eigenvalue weighted by molar-refractivity contribution is -0.112. The first kappa shape index (κ1) is 16.7. The van der Waals surface area contributed by atoms with E-state index in [-0.39, 0.29) is 16.3 Å². The average Bonchev–Trinajstić information content (AvgIpc) is 2.54. The molecule has 0 bridgehead atoms. The van der Waals surface area contributed by atoms with E-state index in [1.165, 1.54) is 6.08 Å². The molecule has 0 aliphatic rings. The van der Waals surface area contributed by atoms with Crippen molar-refractivity contribution in [1.29, 1.82) is 0 Å². The molecular formula is C18H15BrN2O2. The summed E-state index contributed by atoms with van der Waals surface area (Å²) in [6.07, 6.45) is 3.12. The van der Waals surface area contributed by atoms with E-state index in [9.17, 15) is 9.59 Å². The van der Waals surface area contributed by atoms with Gasteiger partial charge in [0.05, 0.1) is 4.48 Å². The third-order valence-corrected chi connectivity index (χ3v) is 3.22. The Morgan fingerprint density at radius 1 is 0.957 bits per heavy atom. The van der Waals surface area contributed by atoms with Gasteiger partial charge < -0.3 is 10.6 Å². The highest BCUT2D eigenvalue weighted by molar-refractivity contribution is 9.12. The summed E-state index contributed by atoms with van der Waals surface area (Å²) >= 11 is 3.02. The largest absolute Gasteiger partial charge is 0.323 e. The zero-order chi connectivity index (χ0) is 16.7. The fourth-order valence-electron chi connectivity index (χ4n) is 1.80. The van der Waals surface area contributed by atoms with Crippen molar-refractivity contribution in [3.05, 3.63) is 77.3 Å². The van der Waals surface area contributed by atoms with Crippen molar-refractivity contribution in [2.45, 2.75) is 0 Å². The van der Waals surface area contributed by atoms with Crippen LogP contribution < -0.4 is 10.6 Å². The minimum atomic E-state index is -0.312. The van der Waals surface area contributed by atoms with E-state index < -0.39 is 0 Å². The van der Waals surface area contributed by atoms with Gasteiger partial charge in [0, 0.05) is 17.5 Å². The molecule has 116 valence electrons. The summed E-state index contributed by atoms with van der Waals surface area (Å²) in [5.74, 6) is -0.535. The summed E-state index contributed by atoms with van der Waals surface area (Å²) in [4.78, 5) is 23.4. The first-order valence-electron chi connectivity index (χ1n) is 6.84. The lowest BCUT2D eigenvalue weighted by Gasteiger charge is -2.05. The van der Waals surface area contributed by atoms with Crippen LogP contribution in [-0.4, -0.2) is 11.8 Å². The number of hydrogen-bond donors (Lipinski definition) is 2. The molecule has 2 aromatic carbocycles. The first-order valence-corrected chi connectivity index (χ1v) is 7.64. The van der Waals surface area contributed by atoms with Crippen molar-refractivity contribution >= 4 is 45.2 Å². The van der Waals surface area contributed by atoms with Gasteiger partial charge in [-0.3, -0.25) is 9.59 Å². The normalized spacial score (nSPS) is 10.3. The van der Waals surface area contributed by atoms with Crippen LogP contribution in [0.25, 0.3) is 6.08 Å². The van der Waals surface area contributed by atoms with Gasteiger partial charge in [-0.25, -0.2) is 0 Å². The number of amides is 2. The van der Waals surface area contributed by atoms with Crippen LogP contribution in [-0.2, 0) is 9.59 Å². The summed E-state index contributed by atoms with van der Waals surface area (Å²) in [5.41, 5.74) is 2.16. The fraction of sp³-hybridized carbons (Fsp3) is 0. The maximum absolute atomic E-state index is 11.9. The van der Waals surface area contributed by atoms with Gasteiger partial charge in [-0.1, -0.05) is 36.9 Å². The van der Waals surface area contributed by atoms with Gasteiger partial charge in [0.2, 0.25) is 5.91 Å². The minimum Gasteiger partial charge on any atom is -0.323 e. The maximum Gasteiger partial charge on any atom is 0.262 e. The molecule has 0 saturated heterocycles. The first-order chi connectivity index (χ1) is 11.0. The van der Waals surface area contributed by atoms with Gasteiger partial charge in [-0.15, -0.1) is 0 Å². The van der Waals surface area contributed by atoms with Gasteiger partial charge in [-0.05, 0) is 51.8 Å². The standard InChI is InChI=1S/C18H15BrN2O2/c1-13(19)18(23)21-16-9-5-6-14(12-16)10-11-17(22)20-15-7-3-2-4-8-15/h2-12H,1H2,(H,20,22)(H,21,23)/b11-10+. The molecule has 0 aliphatic carbocycles. The molecule has 2 amide bonds. The molecule has 2 N–H and O–H groups in total. The number of hydrogen-bond acceptors (Lipinski definition) is 2. The summed E-state index contributed by atoms with van der Waals surface area (Å²) in [7, 11) is 0. The van der Waals surface area contributed by atoms with Gasteiger partial charge in [-0.2, -0.15) is 0 Å². The van der Waals surface area contributed by atoms with Crippen LogP contribution in [0.5, 0.6) is 0 Å². The Labute approximate surface area is 143 Å². The molecule has 0 unspecified atom stereocenters. The van der Waals surface area contributed by atoms with Crippen molar-refractivity contribution in [1.82, 2.24) is 0 Å². The van der Waals surface area contributed by atoms with E-state index in [0.717, 1.165) is 11.3 Å². The number of anilines is 2. The van der Waals surface area contributed by atoms with Gasteiger partial charge in [0.15, 0.2) is 0 Å². The highest BCUT2D eigenvalue weighted by Gasteiger charge is 2.04. The summed E-state index contributed by atoms with van der Waals surface area (Å²) in [6.45, 7) is 3.51. The Hall–Kier alpha value is -2.66. The van der Waals surface area contributed by atoms with E-state index in [2.05, 4.69) is 33.1 Å². The van der Waals surface area contributed by atoms with E-state index in [4.69, 9.17) is 0 Å². The zero-order valence-corrected chi connectivity index (χ0v) is 13.8. The maximum atomic E-state index is 11.9. The number of para-hydroxylation sites is 1. The highest BCUT2D eigenvalue weighted by atomic mass is 79.9. The van der Waals surface area contributed by atoms with Crippen LogP contribution in [0.15, 0.2) is 71.7 Å². The third-order valence-electron chi connectivity index (χ3n) is 2.86. The van der Waals surface area contributed by atoms with E-state index in [1.54, 1.807) is 24.3 Å². The SMILES string of the molecule is C=C(Br)C(=O)Nc1cccc(/C=C/C(=O)Nc2ccccc2)c1. The topological polar surface area (TPSA) is 58.2 Å². The average molecular weight is 371 g/mol. The van der Waals surface area contributed by atoms with Crippen molar-refractivity contribution in [2.24, 2.45) is 0 Å².